The molecule has 0 spiro atoms. The predicted octanol–water partition coefficient (Wildman–Crippen LogP) is 3.93. The summed E-state index contributed by atoms with van der Waals surface area (Å²) in [5.74, 6) is -2.96. The number of carbonyl (C=O) groups is 5. The Labute approximate surface area is 329 Å². The number of hydrogen-bond donors (Lipinski definition) is 6. The molecule has 13 heteroatoms. The van der Waals surface area contributed by atoms with E-state index in [1.807, 2.05) is 105 Å². The summed E-state index contributed by atoms with van der Waals surface area (Å²) in [6, 6.07) is 25.3. The summed E-state index contributed by atoms with van der Waals surface area (Å²) in [5.41, 5.74) is 0.231. The first-order valence-corrected chi connectivity index (χ1v) is 19.1. The Hall–Kier alpha value is -5.27. The molecule has 56 heavy (non-hydrogen) atoms. The SMILES string of the molecule is CNC(=O)[C@H](C)NC(=O)[C@@H]1OCC[C@H]1[C@H](O)[C@H](CC(C)C)NC(=O)[C@H](CC(=O)NC(c1ccccc1)(c1ccccc1)c1ccccc1)NC(=O)OC(C)(C)C. The van der Waals surface area contributed by atoms with E-state index in [0.717, 1.165) is 16.7 Å². The molecule has 1 fully saturated rings. The number of rotatable bonds is 16. The summed E-state index contributed by atoms with van der Waals surface area (Å²) in [5, 5.41) is 25.6. The minimum absolute atomic E-state index is 0.0124. The molecule has 1 saturated heterocycles. The average Bonchev–Trinajstić information content (AvgIpc) is 3.66. The first kappa shape index (κ1) is 43.5. The number of aliphatic hydroxyl groups excluding tert-OH is 1. The topological polar surface area (TPSA) is 184 Å². The number of benzene rings is 3. The third kappa shape index (κ3) is 11.4. The number of amides is 5. The van der Waals surface area contributed by atoms with E-state index in [1.54, 1.807) is 20.8 Å². The van der Waals surface area contributed by atoms with E-state index in [0.29, 0.717) is 12.8 Å². The lowest BCUT2D eigenvalue weighted by Gasteiger charge is -2.37. The lowest BCUT2D eigenvalue weighted by atomic mass is 9.77. The molecule has 5 amide bonds. The zero-order chi connectivity index (χ0) is 41.0. The number of carbonyl (C=O) groups excluding carboxylic acids is 5. The van der Waals surface area contributed by atoms with Crippen LogP contribution in [0.5, 0.6) is 0 Å². The van der Waals surface area contributed by atoms with Crippen molar-refractivity contribution in [3.05, 3.63) is 108 Å². The van der Waals surface area contributed by atoms with Crippen LogP contribution >= 0.6 is 0 Å². The standard InChI is InChI=1S/C43H57N5O8/c1-27(2)25-33(36(50)32-23-24-55-37(32)40(53)45-28(3)38(51)44-7)46-39(52)34(47-41(54)56-42(4,5)6)26-35(49)48-43(29-17-11-8-12-18-29,30-19-13-9-14-20-30)31-21-15-10-16-22-31/h8-22,27-28,32-34,36-37,50H,23-26H2,1-7H3,(H,44,51)(H,45,53)(H,46,52)(H,47,54)(H,48,49)/t28-,32-,33-,34-,36-,37+/m0/s1. The van der Waals surface area contributed by atoms with E-state index in [4.69, 9.17) is 9.47 Å². The van der Waals surface area contributed by atoms with Gasteiger partial charge in [-0.1, -0.05) is 105 Å². The van der Waals surface area contributed by atoms with Crippen molar-refractivity contribution in [1.29, 1.82) is 0 Å². The zero-order valence-corrected chi connectivity index (χ0v) is 33.3. The predicted molar refractivity (Wildman–Crippen MR) is 212 cm³/mol. The Kier molecular flexibility index (Phi) is 15.2. The van der Waals surface area contributed by atoms with Gasteiger partial charge in [-0.15, -0.1) is 0 Å². The highest BCUT2D eigenvalue weighted by molar-refractivity contribution is 5.92. The normalized spacial score (nSPS) is 17.8. The molecule has 13 nitrogen and oxygen atoms in total. The van der Waals surface area contributed by atoms with Crippen molar-refractivity contribution in [2.45, 2.75) is 102 Å². The highest BCUT2D eigenvalue weighted by Gasteiger charge is 2.44. The van der Waals surface area contributed by atoms with Crippen LogP contribution in [0.3, 0.4) is 0 Å². The molecule has 6 atom stereocenters. The van der Waals surface area contributed by atoms with Crippen molar-refractivity contribution < 1.29 is 38.6 Å². The van der Waals surface area contributed by atoms with Crippen LogP contribution in [0.15, 0.2) is 91.0 Å². The second-order valence-corrected chi connectivity index (χ2v) is 15.6. The van der Waals surface area contributed by atoms with E-state index in [2.05, 4.69) is 26.6 Å². The van der Waals surface area contributed by atoms with Gasteiger partial charge in [-0.2, -0.15) is 0 Å². The van der Waals surface area contributed by atoms with Gasteiger partial charge >= 0.3 is 6.09 Å². The Bertz CT molecular complexity index is 1670. The van der Waals surface area contributed by atoms with Gasteiger partial charge in [0.2, 0.25) is 23.6 Å². The summed E-state index contributed by atoms with van der Waals surface area (Å²) in [6.45, 7) is 10.6. The molecule has 0 aliphatic carbocycles. The fourth-order valence-corrected chi connectivity index (χ4v) is 7.06. The largest absolute Gasteiger partial charge is 0.444 e. The monoisotopic (exact) mass is 771 g/mol. The average molecular weight is 772 g/mol. The maximum Gasteiger partial charge on any atom is 0.408 e. The maximum atomic E-state index is 14.4. The van der Waals surface area contributed by atoms with E-state index in [1.165, 1.54) is 14.0 Å². The van der Waals surface area contributed by atoms with Gasteiger partial charge in [-0.25, -0.2) is 4.79 Å². The van der Waals surface area contributed by atoms with E-state index >= 15 is 0 Å². The number of aliphatic hydroxyl groups is 1. The Morgan fingerprint density at radius 3 is 1.77 bits per heavy atom. The Balaban J connectivity index is 1.66. The first-order chi connectivity index (χ1) is 26.5. The van der Waals surface area contributed by atoms with Gasteiger partial charge in [0, 0.05) is 19.6 Å². The Morgan fingerprint density at radius 2 is 1.30 bits per heavy atom. The van der Waals surface area contributed by atoms with Gasteiger partial charge < -0.3 is 41.2 Å². The summed E-state index contributed by atoms with van der Waals surface area (Å²) >= 11 is 0. The van der Waals surface area contributed by atoms with Crippen LogP contribution in [-0.4, -0.2) is 84.4 Å². The van der Waals surface area contributed by atoms with Crippen LogP contribution in [-0.2, 0) is 34.2 Å². The second-order valence-electron chi connectivity index (χ2n) is 15.6. The van der Waals surface area contributed by atoms with Crippen LogP contribution < -0.4 is 26.6 Å². The van der Waals surface area contributed by atoms with E-state index in [9.17, 15) is 29.1 Å². The number of likely N-dealkylation sites (N-methyl/N-ethyl adjacent to an activating group) is 1. The van der Waals surface area contributed by atoms with Crippen LogP contribution in [0.25, 0.3) is 0 Å². The lowest BCUT2D eigenvalue weighted by Crippen LogP contribution is -2.58. The molecule has 302 valence electrons. The molecule has 3 aromatic rings. The van der Waals surface area contributed by atoms with Crippen molar-refractivity contribution in [3.63, 3.8) is 0 Å². The zero-order valence-electron chi connectivity index (χ0n) is 33.3. The minimum atomic E-state index is -1.43. The number of ether oxygens (including phenoxy) is 2. The molecule has 1 aliphatic rings. The van der Waals surface area contributed by atoms with Crippen molar-refractivity contribution in [1.82, 2.24) is 26.6 Å². The third-order valence-corrected chi connectivity index (χ3v) is 9.64. The van der Waals surface area contributed by atoms with Crippen LogP contribution in [0.2, 0.25) is 0 Å². The Morgan fingerprint density at radius 1 is 0.786 bits per heavy atom. The summed E-state index contributed by atoms with van der Waals surface area (Å²) in [6.07, 6.45) is -3.10. The third-order valence-electron chi connectivity index (χ3n) is 9.64. The molecule has 0 bridgehead atoms. The van der Waals surface area contributed by atoms with E-state index in [-0.39, 0.29) is 18.4 Å². The minimum Gasteiger partial charge on any atom is -0.444 e. The molecule has 6 N–H and O–H groups in total. The highest BCUT2D eigenvalue weighted by Crippen LogP contribution is 2.37. The number of nitrogens with one attached hydrogen (secondary N) is 5. The highest BCUT2D eigenvalue weighted by atomic mass is 16.6. The molecule has 0 unspecified atom stereocenters. The summed E-state index contributed by atoms with van der Waals surface area (Å²) in [4.78, 5) is 67.2. The summed E-state index contributed by atoms with van der Waals surface area (Å²) in [7, 11) is 1.46. The van der Waals surface area contributed by atoms with Crippen molar-refractivity contribution >= 4 is 29.7 Å². The van der Waals surface area contributed by atoms with Gasteiger partial charge in [0.25, 0.3) is 0 Å². The van der Waals surface area contributed by atoms with Gasteiger partial charge in [-0.3, -0.25) is 19.2 Å². The fourth-order valence-electron chi connectivity index (χ4n) is 7.06. The quantitative estimate of drug-likeness (QED) is 0.118. The molecule has 1 aliphatic heterocycles. The van der Waals surface area contributed by atoms with Gasteiger partial charge in [0.15, 0.2) is 0 Å². The smallest absolute Gasteiger partial charge is 0.408 e. The first-order valence-electron chi connectivity index (χ1n) is 19.1. The second kappa shape index (κ2) is 19.5. The number of hydrogen-bond acceptors (Lipinski definition) is 8. The summed E-state index contributed by atoms with van der Waals surface area (Å²) < 4.78 is 11.2. The molecule has 1 heterocycles. The van der Waals surface area contributed by atoms with Crippen LogP contribution in [0.4, 0.5) is 4.79 Å². The molecular formula is C43H57N5O8. The van der Waals surface area contributed by atoms with E-state index < -0.39 is 77.6 Å². The molecule has 4 rings (SSSR count). The molecule has 3 aromatic carbocycles. The van der Waals surface area contributed by atoms with Crippen LogP contribution in [0.1, 0.15) is 77.5 Å². The van der Waals surface area contributed by atoms with Gasteiger partial charge in [0.05, 0.1) is 18.6 Å². The van der Waals surface area contributed by atoms with Crippen molar-refractivity contribution in [2.24, 2.45) is 11.8 Å². The van der Waals surface area contributed by atoms with Crippen LogP contribution in [0, 0.1) is 11.8 Å². The molecule has 0 radical (unpaired) electrons. The van der Waals surface area contributed by atoms with Gasteiger partial charge in [0.1, 0.15) is 29.3 Å². The lowest BCUT2D eigenvalue weighted by molar-refractivity contribution is -0.137. The van der Waals surface area contributed by atoms with Crippen molar-refractivity contribution in [2.75, 3.05) is 13.7 Å². The molecule has 0 aromatic heterocycles. The van der Waals surface area contributed by atoms with Crippen molar-refractivity contribution in [3.8, 4) is 0 Å². The number of alkyl carbamates (subject to hydrolysis) is 1. The molecule has 0 saturated carbocycles. The van der Waals surface area contributed by atoms with Gasteiger partial charge in [-0.05, 0) is 63.1 Å². The fraction of sp³-hybridized carbons (Fsp3) is 0.465. The molecular weight excluding hydrogens is 714 g/mol. The maximum absolute atomic E-state index is 14.4.